The molecule has 0 radical (unpaired) electrons. The van der Waals surface area contributed by atoms with E-state index < -0.39 is 5.97 Å². The Bertz CT molecular complexity index is 603. The monoisotopic (exact) mass is 231 g/mol. The van der Waals surface area contributed by atoms with Gasteiger partial charge in [-0.2, -0.15) is 0 Å². The Hall–Kier alpha value is -2.04. The zero-order valence-corrected chi connectivity index (χ0v) is 9.26. The molecule has 5 heteroatoms. The topological polar surface area (TPSA) is 80.6 Å². The maximum absolute atomic E-state index is 11.0. The van der Waals surface area contributed by atoms with Gasteiger partial charge in [-0.15, -0.1) is 0 Å². The van der Waals surface area contributed by atoms with Crippen molar-refractivity contribution < 1.29 is 9.90 Å². The largest absolute Gasteiger partial charge is 0.481 e. The van der Waals surface area contributed by atoms with E-state index in [2.05, 4.69) is 4.98 Å². The molecule has 2 heterocycles. The summed E-state index contributed by atoms with van der Waals surface area (Å²) in [5, 5.41) is 9.07. The van der Waals surface area contributed by atoms with Crippen LogP contribution < -0.4 is 5.73 Å². The number of imidazole rings is 1. The fourth-order valence-corrected chi connectivity index (χ4v) is 2.43. The summed E-state index contributed by atoms with van der Waals surface area (Å²) in [7, 11) is 0. The molecule has 0 bridgehead atoms. The number of hydrogen-bond acceptors (Lipinski definition) is 3. The van der Waals surface area contributed by atoms with Gasteiger partial charge in [0.05, 0.1) is 11.6 Å². The van der Waals surface area contributed by atoms with Crippen LogP contribution in [0.4, 0.5) is 5.69 Å². The van der Waals surface area contributed by atoms with Crippen molar-refractivity contribution in [3.05, 3.63) is 29.7 Å². The van der Waals surface area contributed by atoms with Crippen molar-refractivity contribution in [2.24, 2.45) is 5.92 Å². The van der Waals surface area contributed by atoms with Gasteiger partial charge in [0.25, 0.3) is 0 Å². The highest BCUT2D eigenvalue weighted by atomic mass is 16.4. The maximum Gasteiger partial charge on any atom is 0.306 e. The Morgan fingerprint density at radius 1 is 1.53 bits per heavy atom. The summed E-state index contributed by atoms with van der Waals surface area (Å²) in [5.41, 5.74) is 9.25. The molecule has 0 saturated carbocycles. The average molecular weight is 231 g/mol. The third kappa shape index (κ3) is 1.54. The first-order valence-corrected chi connectivity index (χ1v) is 5.63. The summed E-state index contributed by atoms with van der Waals surface area (Å²) < 4.78 is 1.92. The number of pyridine rings is 1. The Morgan fingerprint density at radius 3 is 3.12 bits per heavy atom. The number of nitrogens with zero attached hydrogens (tertiary/aromatic N) is 2. The summed E-state index contributed by atoms with van der Waals surface area (Å²) in [6, 6.07) is 3.67. The van der Waals surface area contributed by atoms with E-state index >= 15 is 0 Å². The van der Waals surface area contributed by atoms with E-state index in [0.29, 0.717) is 18.5 Å². The minimum absolute atomic E-state index is 0.302. The number of hydrogen-bond donors (Lipinski definition) is 2. The van der Waals surface area contributed by atoms with Crippen molar-refractivity contribution in [2.45, 2.75) is 19.3 Å². The van der Waals surface area contributed by atoms with Crippen LogP contribution in [0.5, 0.6) is 0 Å². The number of aryl methyl sites for hydroxylation is 1. The summed E-state index contributed by atoms with van der Waals surface area (Å²) in [5.74, 6) is -1.03. The summed E-state index contributed by atoms with van der Waals surface area (Å²) in [6.45, 7) is 0. The van der Waals surface area contributed by atoms with Gasteiger partial charge in [-0.1, -0.05) is 0 Å². The molecule has 3 rings (SSSR count). The molecule has 1 aliphatic carbocycles. The van der Waals surface area contributed by atoms with Crippen LogP contribution in [0.1, 0.15) is 17.8 Å². The minimum atomic E-state index is -0.727. The van der Waals surface area contributed by atoms with Crippen LogP contribution in [0, 0.1) is 5.92 Å². The number of carbonyl (C=O) groups is 1. The molecule has 2 aromatic heterocycles. The Morgan fingerprint density at radius 2 is 2.35 bits per heavy atom. The van der Waals surface area contributed by atoms with E-state index in [1.807, 2.05) is 22.7 Å². The summed E-state index contributed by atoms with van der Waals surface area (Å²) >= 11 is 0. The normalized spacial score (nSPS) is 19.2. The van der Waals surface area contributed by atoms with Crippen molar-refractivity contribution in [1.29, 1.82) is 0 Å². The number of carboxylic acids is 1. The maximum atomic E-state index is 11.0. The second kappa shape index (κ2) is 3.48. The van der Waals surface area contributed by atoms with Gasteiger partial charge in [0.2, 0.25) is 0 Å². The zero-order valence-electron chi connectivity index (χ0n) is 9.26. The van der Waals surface area contributed by atoms with Crippen LogP contribution >= 0.6 is 0 Å². The number of anilines is 1. The van der Waals surface area contributed by atoms with Gasteiger partial charge in [-0.05, 0) is 25.0 Å². The summed E-state index contributed by atoms with van der Waals surface area (Å²) in [6.07, 6.45) is 3.75. The molecule has 0 fully saturated rings. The van der Waals surface area contributed by atoms with Gasteiger partial charge < -0.3 is 15.2 Å². The smallest absolute Gasteiger partial charge is 0.306 e. The molecular formula is C12H13N3O2. The fraction of sp³-hybridized carbons (Fsp3) is 0.333. The predicted octanol–water partition coefficient (Wildman–Crippen LogP) is 1.11. The number of nitrogen functional groups attached to an aromatic ring is 1. The van der Waals surface area contributed by atoms with Crippen molar-refractivity contribution in [1.82, 2.24) is 9.38 Å². The molecule has 1 unspecified atom stereocenters. The quantitative estimate of drug-likeness (QED) is 0.770. The van der Waals surface area contributed by atoms with Crippen LogP contribution in [0.2, 0.25) is 0 Å². The number of aliphatic carboxylic acids is 1. The van der Waals surface area contributed by atoms with E-state index in [1.54, 1.807) is 0 Å². The lowest BCUT2D eigenvalue weighted by Crippen LogP contribution is -2.22. The van der Waals surface area contributed by atoms with Crippen LogP contribution in [-0.4, -0.2) is 20.5 Å². The first-order valence-electron chi connectivity index (χ1n) is 5.63. The average Bonchev–Trinajstić information content (AvgIpc) is 2.66. The highest BCUT2D eigenvalue weighted by Crippen LogP contribution is 2.27. The van der Waals surface area contributed by atoms with Gasteiger partial charge >= 0.3 is 5.97 Å². The van der Waals surface area contributed by atoms with E-state index in [0.717, 1.165) is 23.5 Å². The van der Waals surface area contributed by atoms with Crippen molar-refractivity contribution >= 4 is 17.3 Å². The van der Waals surface area contributed by atoms with Crippen molar-refractivity contribution in [3.8, 4) is 0 Å². The van der Waals surface area contributed by atoms with Gasteiger partial charge in [-0.3, -0.25) is 4.79 Å². The molecule has 0 amide bonds. The van der Waals surface area contributed by atoms with Gasteiger partial charge in [0.15, 0.2) is 0 Å². The fourth-order valence-electron chi connectivity index (χ4n) is 2.43. The van der Waals surface area contributed by atoms with E-state index in [9.17, 15) is 4.79 Å². The highest BCUT2D eigenvalue weighted by molar-refractivity contribution is 5.71. The molecular weight excluding hydrogens is 218 g/mol. The first kappa shape index (κ1) is 10.1. The second-order valence-corrected chi connectivity index (χ2v) is 4.47. The molecule has 17 heavy (non-hydrogen) atoms. The molecule has 88 valence electrons. The van der Waals surface area contributed by atoms with Gasteiger partial charge in [0, 0.05) is 24.0 Å². The number of fused-ring (bicyclic) bond motifs is 3. The van der Waals surface area contributed by atoms with E-state index in [4.69, 9.17) is 10.8 Å². The highest BCUT2D eigenvalue weighted by Gasteiger charge is 2.27. The molecule has 3 N–H and O–H groups in total. The Balaban J connectivity index is 2.13. The van der Waals surface area contributed by atoms with Crippen LogP contribution in [0.25, 0.3) is 5.65 Å². The minimum Gasteiger partial charge on any atom is -0.481 e. The van der Waals surface area contributed by atoms with Crippen LogP contribution in [0.3, 0.4) is 0 Å². The first-order chi connectivity index (χ1) is 8.15. The molecule has 0 saturated heterocycles. The predicted molar refractivity (Wildman–Crippen MR) is 62.8 cm³/mol. The van der Waals surface area contributed by atoms with E-state index in [1.165, 1.54) is 0 Å². The molecule has 0 aromatic carbocycles. The molecule has 2 aromatic rings. The zero-order chi connectivity index (χ0) is 12.0. The molecule has 5 nitrogen and oxygen atoms in total. The van der Waals surface area contributed by atoms with Crippen LogP contribution in [-0.2, 0) is 17.6 Å². The molecule has 0 spiro atoms. The standard InChI is InChI=1S/C12H13N3O2/c13-8-2-4-11-14-9-3-1-7(12(16)17)5-10(9)15(11)6-8/h2,4,6-7H,1,3,5,13H2,(H,16,17). The van der Waals surface area contributed by atoms with Crippen molar-refractivity contribution in [3.63, 3.8) is 0 Å². The molecule has 1 atom stereocenters. The number of nitrogens with two attached hydrogens (primary N) is 1. The van der Waals surface area contributed by atoms with E-state index in [-0.39, 0.29) is 5.92 Å². The van der Waals surface area contributed by atoms with Gasteiger partial charge in [0.1, 0.15) is 5.65 Å². The Labute approximate surface area is 97.9 Å². The molecule has 0 aliphatic heterocycles. The molecule has 1 aliphatic rings. The third-order valence-corrected chi connectivity index (χ3v) is 3.34. The number of rotatable bonds is 1. The van der Waals surface area contributed by atoms with Gasteiger partial charge in [-0.25, -0.2) is 4.98 Å². The second-order valence-electron chi connectivity index (χ2n) is 4.47. The summed E-state index contributed by atoms with van der Waals surface area (Å²) in [4.78, 5) is 15.5. The Kier molecular flexibility index (Phi) is 2.07. The SMILES string of the molecule is Nc1ccc2nc3c(n2c1)CC(C(=O)O)CC3. The lowest BCUT2D eigenvalue weighted by Gasteiger charge is -2.17. The number of carboxylic acid groups (broad SMARTS) is 1. The third-order valence-electron chi connectivity index (χ3n) is 3.34. The van der Waals surface area contributed by atoms with Crippen LogP contribution in [0.15, 0.2) is 18.3 Å². The lowest BCUT2D eigenvalue weighted by molar-refractivity contribution is -0.142. The van der Waals surface area contributed by atoms with Crippen molar-refractivity contribution in [2.75, 3.05) is 5.73 Å². The lowest BCUT2D eigenvalue weighted by atomic mass is 9.90. The number of aromatic nitrogens is 2.